The van der Waals surface area contributed by atoms with Gasteiger partial charge in [0, 0.05) is 0 Å². The Labute approximate surface area is 69.2 Å². The van der Waals surface area contributed by atoms with Gasteiger partial charge in [-0.05, 0) is 18.1 Å². The third-order valence-corrected chi connectivity index (χ3v) is 1.13. The van der Waals surface area contributed by atoms with Crippen molar-refractivity contribution in [1.29, 1.82) is 0 Å². The Morgan fingerprint density at radius 3 is 3.00 bits per heavy atom. The fourth-order valence-corrected chi connectivity index (χ4v) is 0.669. The maximum atomic E-state index is 12.4. The highest BCUT2D eigenvalue weighted by Gasteiger charge is 1.89. The first-order valence-electron chi connectivity index (χ1n) is 3.00. The molecule has 1 heterocycles. The summed E-state index contributed by atoms with van der Waals surface area (Å²) in [5.74, 6) is 4.89. The third kappa shape index (κ3) is 2.57. The first-order chi connectivity index (χ1) is 5.33. The Morgan fingerprint density at radius 2 is 2.36 bits per heavy atom. The minimum Gasteiger partial charge on any atom is -0.211 e. The van der Waals surface area contributed by atoms with Gasteiger partial charge in [-0.1, -0.05) is 12.0 Å². The predicted molar refractivity (Wildman–Crippen MR) is 41.8 cm³/mol. The molecule has 0 saturated carbocycles. The van der Waals surface area contributed by atoms with Gasteiger partial charge in [0.25, 0.3) is 0 Å². The maximum Gasteiger partial charge on any atom is 0.214 e. The molecule has 0 amide bonds. The molecule has 1 nitrogen and oxygen atoms in total. The van der Waals surface area contributed by atoms with Gasteiger partial charge in [-0.15, -0.1) is 11.6 Å². The molecule has 0 aromatic carbocycles. The number of hydrogen-bond donors (Lipinski definition) is 0. The average molecular weight is 170 g/mol. The average Bonchev–Trinajstić information content (AvgIpc) is 2.01. The quantitative estimate of drug-likeness (QED) is 0.328. The van der Waals surface area contributed by atoms with E-state index in [1.807, 2.05) is 0 Å². The zero-order valence-electron chi connectivity index (χ0n) is 5.64. The molecule has 56 valence electrons. The van der Waals surface area contributed by atoms with Crippen LogP contribution in [0, 0.1) is 17.8 Å². The Hall–Kier alpha value is -1.07. The lowest BCUT2D eigenvalue weighted by atomic mass is 10.3. The minimum absolute atomic E-state index is 0.234. The van der Waals surface area contributed by atoms with Crippen LogP contribution in [0.4, 0.5) is 4.39 Å². The summed E-state index contributed by atoms with van der Waals surface area (Å²) in [4.78, 5) is 3.51. The summed E-state index contributed by atoms with van der Waals surface area (Å²) < 4.78 is 12.4. The molecule has 0 unspecified atom stereocenters. The van der Waals surface area contributed by atoms with E-state index in [4.69, 9.17) is 11.6 Å². The second-order valence-corrected chi connectivity index (χ2v) is 2.05. The molecule has 0 aliphatic carbocycles. The van der Waals surface area contributed by atoms with Crippen molar-refractivity contribution in [1.82, 2.24) is 4.98 Å². The molecule has 0 bridgehead atoms. The van der Waals surface area contributed by atoms with E-state index in [1.165, 1.54) is 6.07 Å². The van der Waals surface area contributed by atoms with Gasteiger partial charge in [-0.3, -0.25) is 0 Å². The highest BCUT2D eigenvalue weighted by Crippen LogP contribution is 1.94. The van der Waals surface area contributed by atoms with Gasteiger partial charge in [-0.2, -0.15) is 4.39 Å². The standard InChI is InChI=1S/C8H5ClFN/c9-6-2-4-7-3-1-5-8(10)11-7/h1,3,5H,6H2. The second kappa shape index (κ2) is 3.95. The largest absolute Gasteiger partial charge is 0.214 e. The predicted octanol–water partition coefficient (Wildman–Crippen LogP) is 1.81. The molecule has 0 fully saturated rings. The fraction of sp³-hybridized carbons (Fsp3) is 0.125. The Kier molecular flexibility index (Phi) is 2.88. The Bertz CT molecular complexity index is 300. The fourth-order valence-electron chi connectivity index (χ4n) is 0.602. The number of alkyl halides is 1. The van der Waals surface area contributed by atoms with Crippen molar-refractivity contribution in [3.63, 3.8) is 0 Å². The second-order valence-electron chi connectivity index (χ2n) is 1.78. The zero-order chi connectivity index (χ0) is 8.10. The number of hydrogen-bond acceptors (Lipinski definition) is 1. The van der Waals surface area contributed by atoms with Crippen LogP contribution >= 0.6 is 11.6 Å². The smallest absolute Gasteiger partial charge is 0.211 e. The summed E-state index contributed by atoms with van der Waals surface area (Å²) in [6.45, 7) is 0. The van der Waals surface area contributed by atoms with Crippen LogP contribution in [-0.4, -0.2) is 10.9 Å². The van der Waals surface area contributed by atoms with E-state index >= 15 is 0 Å². The monoisotopic (exact) mass is 169 g/mol. The molecule has 0 N–H and O–H groups in total. The van der Waals surface area contributed by atoms with Crippen LogP contribution in [0.1, 0.15) is 5.69 Å². The van der Waals surface area contributed by atoms with E-state index in [2.05, 4.69) is 16.8 Å². The van der Waals surface area contributed by atoms with Gasteiger partial charge in [0.1, 0.15) is 5.69 Å². The summed E-state index contributed by atoms with van der Waals surface area (Å²) in [6.07, 6.45) is 0. The molecule has 3 heteroatoms. The lowest BCUT2D eigenvalue weighted by Gasteiger charge is -1.87. The maximum absolute atomic E-state index is 12.4. The number of aromatic nitrogens is 1. The van der Waals surface area contributed by atoms with Crippen molar-refractivity contribution >= 4 is 11.6 Å². The summed E-state index contributed by atoms with van der Waals surface area (Å²) in [5.41, 5.74) is 0.408. The van der Waals surface area contributed by atoms with Gasteiger partial charge in [-0.25, -0.2) is 4.98 Å². The number of halogens is 2. The van der Waals surface area contributed by atoms with Crippen molar-refractivity contribution < 1.29 is 4.39 Å². The first-order valence-corrected chi connectivity index (χ1v) is 3.54. The van der Waals surface area contributed by atoms with E-state index in [-0.39, 0.29) is 5.88 Å². The van der Waals surface area contributed by atoms with Crippen LogP contribution in [0.5, 0.6) is 0 Å². The summed E-state index contributed by atoms with van der Waals surface area (Å²) in [7, 11) is 0. The molecule has 0 saturated heterocycles. The van der Waals surface area contributed by atoms with Crippen molar-refractivity contribution in [3.8, 4) is 11.8 Å². The van der Waals surface area contributed by atoms with Crippen molar-refractivity contribution in [2.75, 3.05) is 5.88 Å². The van der Waals surface area contributed by atoms with Crippen LogP contribution < -0.4 is 0 Å². The summed E-state index contributed by atoms with van der Waals surface area (Å²) >= 11 is 5.30. The van der Waals surface area contributed by atoms with Crippen LogP contribution in [0.2, 0.25) is 0 Å². The molecule has 1 aromatic heterocycles. The minimum atomic E-state index is -0.522. The molecule has 0 aliphatic rings. The van der Waals surface area contributed by atoms with Gasteiger partial charge >= 0.3 is 0 Å². The molecule has 0 atom stereocenters. The third-order valence-electron chi connectivity index (χ3n) is 0.998. The summed E-state index contributed by atoms with van der Waals surface area (Å²) in [6, 6.07) is 4.45. The molecular weight excluding hydrogens is 165 g/mol. The lowest BCUT2D eigenvalue weighted by Crippen LogP contribution is -1.85. The highest BCUT2D eigenvalue weighted by molar-refractivity contribution is 6.19. The summed E-state index contributed by atoms with van der Waals surface area (Å²) in [5, 5.41) is 0. The van der Waals surface area contributed by atoms with Crippen LogP contribution in [-0.2, 0) is 0 Å². The molecule has 11 heavy (non-hydrogen) atoms. The number of pyridine rings is 1. The van der Waals surface area contributed by atoms with Crippen molar-refractivity contribution in [2.45, 2.75) is 0 Å². The molecule has 0 aliphatic heterocycles. The van der Waals surface area contributed by atoms with Gasteiger partial charge < -0.3 is 0 Å². The lowest BCUT2D eigenvalue weighted by molar-refractivity contribution is 0.582. The molecule has 1 rings (SSSR count). The van der Waals surface area contributed by atoms with E-state index in [0.29, 0.717) is 5.69 Å². The van der Waals surface area contributed by atoms with E-state index in [9.17, 15) is 4.39 Å². The topological polar surface area (TPSA) is 12.9 Å². The molecule has 0 radical (unpaired) electrons. The van der Waals surface area contributed by atoms with Crippen molar-refractivity contribution in [2.24, 2.45) is 0 Å². The zero-order valence-corrected chi connectivity index (χ0v) is 6.40. The molecule has 1 aromatic rings. The van der Waals surface area contributed by atoms with Crippen LogP contribution in [0.25, 0.3) is 0 Å². The van der Waals surface area contributed by atoms with Crippen molar-refractivity contribution in [3.05, 3.63) is 29.8 Å². The van der Waals surface area contributed by atoms with E-state index in [1.54, 1.807) is 12.1 Å². The number of rotatable bonds is 0. The van der Waals surface area contributed by atoms with Gasteiger partial charge in [0.2, 0.25) is 5.95 Å². The number of nitrogens with zero attached hydrogens (tertiary/aromatic N) is 1. The van der Waals surface area contributed by atoms with Crippen LogP contribution in [0.3, 0.4) is 0 Å². The van der Waals surface area contributed by atoms with E-state index in [0.717, 1.165) is 0 Å². The van der Waals surface area contributed by atoms with Gasteiger partial charge in [0.05, 0.1) is 5.88 Å². The molecular formula is C8H5ClFN. The van der Waals surface area contributed by atoms with E-state index < -0.39 is 5.95 Å². The molecule has 0 spiro atoms. The highest BCUT2D eigenvalue weighted by atomic mass is 35.5. The normalized spacial score (nSPS) is 8.55. The SMILES string of the molecule is Fc1cccc(C#CCCl)n1. The van der Waals surface area contributed by atoms with Crippen LogP contribution in [0.15, 0.2) is 18.2 Å². The Balaban J connectivity index is 2.87. The Morgan fingerprint density at radius 1 is 1.55 bits per heavy atom. The first kappa shape index (κ1) is 8.03. The van der Waals surface area contributed by atoms with Gasteiger partial charge in [0.15, 0.2) is 0 Å².